The van der Waals surface area contributed by atoms with Gasteiger partial charge in [0.2, 0.25) is 0 Å². The lowest BCUT2D eigenvalue weighted by Crippen LogP contribution is -2.54. The number of aliphatic hydroxyl groups excluding tert-OH is 1. The lowest BCUT2D eigenvalue weighted by atomic mass is 9.47. The van der Waals surface area contributed by atoms with Gasteiger partial charge in [-0.2, -0.15) is 0 Å². The molecular formula is C23H34O4. The van der Waals surface area contributed by atoms with Crippen LogP contribution in [0.25, 0.3) is 0 Å². The highest BCUT2D eigenvalue weighted by molar-refractivity contribution is 5.92. The molecule has 0 radical (unpaired) electrons. The number of carbonyl (C=O) groups excluding carboxylic acids is 1. The molecule has 27 heavy (non-hydrogen) atoms. The molecule has 4 aliphatic carbocycles. The quantitative estimate of drug-likeness (QED) is 0.603. The standard InChI is InChI=1S/C23H34O4/c1-21-9-6-15(24)12-14(21)4-5-16-17(21)7-10-22(2)18(16)13-20-23(22,27-20)19(25)8-11-26-3/h4,15-18,20,24H,5-13H2,1-3H3/t15-,16+,17-,18-,20+,21-,22-,23+/m0/s1. The summed E-state index contributed by atoms with van der Waals surface area (Å²) in [6.45, 7) is 5.30. The van der Waals surface area contributed by atoms with Gasteiger partial charge in [0.25, 0.3) is 0 Å². The third-order valence-electron chi connectivity index (χ3n) is 9.46. The second-order valence-corrected chi connectivity index (χ2v) is 10.4. The predicted octanol–water partition coefficient (Wildman–Crippen LogP) is 3.66. The Morgan fingerprint density at radius 3 is 2.89 bits per heavy atom. The Morgan fingerprint density at radius 2 is 2.11 bits per heavy atom. The predicted molar refractivity (Wildman–Crippen MR) is 102 cm³/mol. The smallest absolute Gasteiger partial charge is 0.170 e. The normalized spacial score (nSPS) is 52.9. The van der Waals surface area contributed by atoms with Crippen molar-refractivity contribution in [1.29, 1.82) is 0 Å². The minimum atomic E-state index is -0.519. The molecule has 0 amide bonds. The van der Waals surface area contributed by atoms with Crippen molar-refractivity contribution in [2.24, 2.45) is 28.6 Å². The molecule has 0 aromatic carbocycles. The maximum Gasteiger partial charge on any atom is 0.170 e. The highest BCUT2D eigenvalue weighted by atomic mass is 16.6. The Labute approximate surface area is 162 Å². The molecule has 4 nitrogen and oxygen atoms in total. The molecule has 150 valence electrons. The molecule has 1 N–H and O–H groups in total. The van der Waals surface area contributed by atoms with Crippen LogP contribution in [0.3, 0.4) is 0 Å². The van der Waals surface area contributed by atoms with Crippen LogP contribution in [0.4, 0.5) is 0 Å². The zero-order valence-corrected chi connectivity index (χ0v) is 17.0. The van der Waals surface area contributed by atoms with E-state index < -0.39 is 5.60 Å². The second kappa shape index (κ2) is 5.90. The average Bonchev–Trinajstić information content (AvgIpc) is 3.32. The van der Waals surface area contributed by atoms with Crippen molar-refractivity contribution in [1.82, 2.24) is 0 Å². The van der Waals surface area contributed by atoms with Gasteiger partial charge in [0, 0.05) is 18.9 Å². The van der Waals surface area contributed by atoms with Crippen LogP contribution in [0.1, 0.15) is 65.2 Å². The van der Waals surface area contributed by atoms with E-state index in [0.29, 0.717) is 30.8 Å². The monoisotopic (exact) mass is 374 g/mol. The first-order valence-corrected chi connectivity index (χ1v) is 10.9. The van der Waals surface area contributed by atoms with E-state index in [1.165, 1.54) is 12.0 Å². The van der Waals surface area contributed by atoms with Gasteiger partial charge in [0.15, 0.2) is 11.4 Å². The number of ketones is 1. The van der Waals surface area contributed by atoms with E-state index >= 15 is 0 Å². The molecule has 4 heteroatoms. The summed E-state index contributed by atoms with van der Waals surface area (Å²) in [5.41, 5.74) is 1.23. The third kappa shape index (κ3) is 2.24. The Morgan fingerprint density at radius 1 is 1.30 bits per heavy atom. The Kier molecular flexibility index (Phi) is 4.00. The van der Waals surface area contributed by atoms with Crippen LogP contribution in [-0.4, -0.2) is 42.4 Å². The van der Waals surface area contributed by atoms with E-state index in [1.807, 2.05) is 0 Å². The summed E-state index contributed by atoms with van der Waals surface area (Å²) in [4.78, 5) is 13.1. The maximum atomic E-state index is 13.1. The summed E-state index contributed by atoms with van der Waals surface area (Å²) in [7, 11) is 1.66. The number of epoxide rings is 1. The van der Waals surface area contributed by atoms with Crippen molar-refractivity contribution >= 4 is 5.78 Å². The number of hydrogen-bond acceptors (Lipinski definition) is 4. The first kappa shape index (κ1) is 18.3. The van der Waals surface area contributed by atoms with Gasteiger partial charge in [-0.1, -0.05) is 25.5 Å². The highest BCUT2D eigenvalue weighted by Gasteiger charge is 2.79. The minimum absolute atomic E-state index is 0.0143. The molecule has 5 aliphatic rings. The number of aliphatic hydroxyl groups is 1. The summed E-state index contributed by atoms with van der Waals surface area (Å²) in [6, 6.07) is 0. The van der Waals surface area contributed by atoms with Crippen LogP contribution >= 0.6 is 0 Å². The number of methoxy groups -OCH3 is 1. The van der Waals surface area contributed by atoms with E-state index in [0.717, 1.165) is 38.5 Å². The zero-order chi connectivity index (χ0) is 19.0. The number of carbonyl (C=O) groups is 1. The number of rotatable bonds is 4. The molecule has 1 aliphatic heterocycles. The summed E-state index contributed by atoms with van der Waals surface area (Å²) >= 11 is 0. The number of hydrogen-bond donors (Lipinski definition) is 1. The van der Waals surface area contributed by atoms with Gasteiger partial charge in [-0.25, -0.2) is 0 Å². The van der Waals surface area contributed by atoms with Crippen molar-refractivity contribution in [3.05, 3.63) is 11.6 Å². The van der Waals surface area contributed by atoms with E-state index in [4.69, 9.17) is 9.47 Å². The number of allylic oxidation sites excluding steroid dienone is 1. The fourth-order valence-corrected chi connectivity index (χ4v) is 7.94. The molecule has 1 heterocycles. The second-order valence-electron chi connectivity index (χ2n) is 10.4. The largest absolute Gasteiger partial charge is 0.393 e. The first-order valence-electron chi connectivity index (χ1n) is 10.9. The molecule has 1 saturated heterocycles. The molecule has 8 atom stereocenters. The molecule has 0 spiro atoms. The van der Waals surface area contributed by atoms with Gasteiger partial charge >= 0.3 is 0 Å². The van der Waals surface area contributed by atoms with Gasteiger partial charge < -0.3 is 14.6 Å². The SMILES string of the molecule is COCCC(=O)[C@@]12O[C@@H]1C[C@H]1[C@@H]3CC=C4C[C@@H](O)CC[C@]4(C)[C@H]3CC[C@@]12C. The van der Waals surface area contributed by atoms with Crippen molar-refractivity contribution in [2.45, 2.75) is 83.0 Å². The Bertz CT molecular complexity index is 686. The average molecular weight is 375 g/mol. The zero-order valence-electron chi connectivity index (χ0n) is 17.0. The molecule has 0 aromatic rings. The van der Waals surface area contributed by atoms with E-state index in [2.05, 4.69) is 19.9 Å². The van der Waals surface area contributed by atoms with Crippen LogP contribution in [-0.2, 0) is 14.3 Å². The van der Waals surface area contributed by atoms with Gasteiger partial charge in [-0.3, -0.25) is 4.79 Å². The van der Waals surface area contributed by atoms with Crippen LogP contribution in [0, 0.1) is 28.6 Å². The molecule has 4 fully saturated rings. The van der Waals surface area contributed by atoms with Crippen LogP contribution < -0.4 is 0 Å². The molecule has 0 unspecified atom stereocenters. The van der Waals surface area contributed by atoms with Gasteiger partial charge in [0.1, 0.15) is 0 Å². The van der Waals surface area contributed by atoms with Crippen molar-refractivity contribution < 1.29 is 19.4 Å². The summed E-state index contributed by atoms with van der Waals surface area (Å²) in [5.74, 6) is 2.22. The Balaban J connectivity index is 1.44. The van der Waals surface area contributed by atoms with Gasteiger partial charge in [-0.15, -0.1) is 0 Å². The van der Waals surface area contributed by atoms with Gasteiger partial charge in [0.05, 0.1) is 18.8 Å². The van der Waals surface area contributed by atoms with Crippen molar-refractivity contribution in [3.8, 4) is 0 Å². The number of ether oxygens (including phenoxy) is 2. The lowest BCUT2D eigenvalue weighted by molar-refractivity contribution is -0.138. The van der Waals surface area contributed by atoms with Gasteiger partial charge in [-0.05, 0) is 68.1 Å². The number of fused-ring (bicyclic) bond motifs is 7. The lowest BCUT2D eigenvalue weighted by Gasteiger charge is -2.58. The minimum Gasteiger partial charge on any atom is -0.393 e. The van der Waals surface area contributed by atoms with Crippen LogP contribution in [0.15, 0.2) is 11.6 Å². The topological polar surface area (TPSA) is 59.1 Å². The van der Waals surface area contributed by atoms with Crippen LogP contribution in [0.2, 0.25) is 0 Å². The molecule has 5 rings (SSSR count). The van der Waals surface area contributed by atoms with Crippen molar-refractivity contribution in [3.63, 3.8) is 0 Å². The molecule has 0 bridgehead atoms. The van der Waals surface area contributed by atoms with E-state index in [1.54, 1.807) is 7.11 Å². The fourth-order valence-electron chi connectivity index (χ4n) is 7.94. The first-order chi connectivity index (χ1) is 12.9. The maximum absolute atomic E-state index is 13.1. The van der Waals surface area contributed by atoms with E-state index in [-0.39, 0.29) is 28.8 Å². The summed E-state index contributed by atoms with van der Waals surface area (Å²) < 4.78 is 11.3. The molecular weight excluding hydrogens is 340 g/mol. The summed E-state index contributed by atoms with van der Waals surface area (Å²) in [5, 5.41) is 10.2. The number of Topliss-reactive ketones (excluding diaryl/α,β-unsaturated/α-hetero) is 1. The highest BCUT2D eigenvalue weighted by Crippen LogP contribution is 2.73. The van der Waals surface area contributed by atoms with Crippen LogP contribution in [0.5, 0.6) is 0 Å². The Hall–Kier alpha value is -0.710. The van der Waals surface area contributed by atoms with Crippen molar-refractivity contribution in [2.75, 3.05) is 13.7 Å². The molecule has 0 aromatic heterocycles. The summed E-state index contributed by atoms with van der Waals surface area (Å²) in [6.07, 6.45) is 10.3. The molecule has 3 saturated carbocycles. The van der Waals surface area contributed by atoms with E-state index in [9.17, 15) is 9.90 Å². The third-order valence-corrected chi connectivity index (χ3v) is 9.46. The fraction of sp³-hybridized carbons (Fsp3) is 0.870.